The number of nitrogens with zero attached hydrogens (tertiary/aromatic N) is 1. The first-order valence-corrected chi connectivity index (χ1v) is 7.42. The zero-order valence-electron chi connectivity index (χ0n) is 12.4. The van der Waals surface area contributed by atoms with Crippen molar-refractivity contribution in [2.24, 2.45) is 0 Å². The Labute approximate surface area is 120 Å². The van der Waals surface area contributed by atoms with Crippen molar-refractivity contribution in [3.05, 3.63) is 47.2 Å². The zero-order chi connectivity index (χ0) is 14.3. The molecule has 0 spiro atoms. The number of carbonyl (C=O) groups excluding carboxylic acids is 1. The first-order chi connectivity index (χ1) is 9.58. The van der Waals surface area contributed by atoms with E-state index in [1.54, 1.807) is 0 Å². The van der Waals surface area contributed by atoms with Crippen molar-refractivity contribution in [3.8, 4) is 11.3 Å². The van der Waals surface area contributed by atoms with Gasteiger partial charge in [-0.15, -0.1) is 0 Å². The fourth-order valence-electron chi connectivity index (χ4n) is 3.15. The van der Waals surface area contributed by atoms with Gasteiger partial charge in [-0.2, -0.15) is 0 Å². The first-order valence-electron chi connectivity index (χ1n) is 7.42. The lowest BCUT2D eigenvalue weighted by Crippen LogP contribution is -2.14. The second-order valence-electron chi connectivity index (χ2n) is 6.00. The molecule has 0 N–H and O–H groups in total. The molecular weight excluding hydrogens is 246 g/mol. The van der Waals surface area contributed by atoms with Crippen LogP contribution in [0.25, 0.3) is 11.3 Å². The molecule has 1 aromatic carbocycles. The summed E-state index contributed by atoms with van der Waals surface area (Å²) >= 11 is 0. The van der Waals surface area contributed by atoms with E-state index >= 15 is 0 Å². The molecule has 0 radical (unpaired) electrons. The third kappa shape index (κ3) is 2.09. The normalized spacial score (nSPS) is 14.7. The fourth-order valence-corrected chi connectivity index (χ4v) is 3.15. The van der Waals surface area contributed by atoms with E-state index < -0.39 is 0 Å². The molecule has 0 atom stereocenters. The number of hydrogen-bond donors (Lipinski definition) is 0. The lowest BCUT2D eigenvalue weighted by molar-refractivity contribution is 0.0971. The third-order valence-electron chi connectivity index (χ3n) is 4.12. The summed E-state index contributed by atoms with van der Waals surface area (Å²) < 4.78 is 2.34. The Balaban J connectivity index is 2.20. The molecule has 0 amide bonds. The number of ketones is 1. The monoisotopic (exact) mass is 267 g/mol. The van der Waals surface area contributed by atoms with Gasteiger partial charge in [-0.1, -0.05) is 29.8 Å². The highest BCUT2D eigenvalue weighted by Gasteiger charge is 2.25. The summed E-state index contributed by atoms with van der Waals surface area (Å²) in [6, 6.07) is 11.0. The van der Waals surface area contributed by atoms with Gasteiger partial charge in [-0.3, -0.25) is 4.79 Å². The molecule has 104 valence electrons. The molecule has 20 heavy (non-hydrogen) atoms. The van der Waals surface area contributed by atoms with Crippen molar-refractivity contribution in [2.45, 2.75) is 46.1 Å². The van der Waals surface area contributed by atoms with Crippen molar-refractivity contribution in [1.82, 2.24) is 4.57 Å². The highest BCUT2D eigenvalue weighted by atomic mass is 16.1. The van der Waals surface area contributed by atoms with E-state index in [4.69, 9.17) is 0 Å². The lowest BCUT2D eigenvalue weighted by atomic mass is 9.96. The molecule has 1 aliphatic rings. The quantitative estimate of drug-likeness (QED) is 0.781. The summed E-state index contributed by atoms with van der Waals surface area (Å²) in [5.74, 6) is 0.305. The van der Waals surface area contributed by atoms with Gasteiger partial charge in [0.05, 0.1) is 0 Å². The molecule has 0 unspecified atom stereocenters. The van der Waals surface area contributed by atoms with Gasteiger partial charge in [0, 0.05) is 29.4 Å². The van der Waals surface area contributed by atoms with Crippen LogP contribution in [0, 0.1) is 6.92 Å². The Morgan fingerprint density at radius 2 is 1.80 bits per heavy atom. The number of Topliss-reactive ketones (excluding diaryl/α,β-unsaturated/α-hetero) is 1. The van der Waals surface area contributed by atoms with Crippen molar-refractivity contribution in [3.63, 3.8) is 0 Å². The standard InChI is InChI=1S/C18H21NO/c1-12(2)19-16-5-4-6-18(20)15(16)11-17(19)14-9-7-13(3)8-10-14/h7-12H,4-6H2,1-3H3. The fraction of sp³-hybridized carbons (Fsp3) is 0.389. The van der Waals surface area contributed by atoms with E-state index in [0.29, 0.717) is 18.2 Å². The summed E-state index contributed by atoms with van der Waals surface area (Å²) in [4.78, 5) is 12.1. The van der Waals surface area contributed by atoms with E-state index in [1.165, 1.54) is 22.5 Å². The second-order valence-corrected chi connectivity index (χ2v) is 6.00. The Bertz CT molecular complexity index is 647. The van der Waals surface area contributed by atoms with Crippen LogP contribution in [0.4, 0.5) is 0 Å². The topological polar surface area (TPSA) is 22.0 Å². The maximum absolute atomic E-state index is 12.1. The Morgan fingerprint density at radius 3 is 2.45 bits per heavy atom. The Morgan fingerprint density at radius 1 is 1.10 bits per heavy atom. The van der Waals surface area contributed by atoms with Crippen LogP contribution in [0.5, 0.6) is 0 Å². The van der Waals surface area contributed by atoms with E-state index in [9.17, 15) is 4.79 Å². The molecule has 0 fully saturated rings. The van der Waals surface area contributed by atoms with Crippen LogP contribution in [-0.4, -0.2) is 10.4 Å². The second kappa shape index (κ2) is 4.93. The Hall–Kier alpha value is -1.83. The first kappa shape index (κ1) is 13.2. The summed E-state index contributed by atoms with van der Waals surface area (Å²) in [6.45, 7) is 6.48. The van der Waals surface area contributed by atoms with Gasteiger partial charge in [0.25, 0.3) is 0 Å². The number of rotatable bonds is 2. The summed E-state index contributed by atoms with van der Waals surface area (Å²) in [7, 11) is 0. The number of aromatic nitrogens is 1. The minimum atomic E-state index is 0.305. The van der Waals surface area contributed by atoms with Crippen LogP contribution in [0.15, 0.2) is 30.3 Å². The molecule has 3 rings (SSSR count). The van der Waals surface area contributed by atoms with Gasteiger partial charge >= 0.3 is 0 Å². The molecule has 2 aromatic rings. The van der Waals surface area contributed by atoms with E-state index in [0.717, 1.165) is 18.4 Å². The smallest absolute Gasteiger partial charge is 0.164 e. The minimum Gasteiger partial charge on any atom is -0.341 e. The molecule has 2 nitrogen and oxygen atoms in total. The van der Waals surface area contributed by atoms with Gasteiger partial charge in [0.1, 0.15) is 0 Å². The highest BCUT2D eigenvalue weighted by molar-refractivity contribution is 5.99. The van der Waals surface area contributed by atoms with Gasteiger partial charge in [-0.05, 0) is 45.2 Å². The molecule has 1 aromatic heterocycles. The molecule has 2 heteroatoms. The molecule has 1 heterocycles. The van der Waals surface area contributed by atoms with Crippen molar-refractivity contribution in [2.75, 3.05) is 0 Å². The minimum absolute atomic E-state index is 0.305. The van der Waals surface area contributed by atoms with E-state index in [1.807, 2.05) is 0 Å². The van der Waals surface area contributed by atoms with Crippen LogP contribution >= 0.6 is 0 Å². The predicted octanol–water partition coefficient (Wildman–Crippen LogP) is 4.56. The maximum atomic E-state index is 12.1. The van der Waals surface area contributed by atoms with Crippen molar-refractivity contribution in [1.29, 1.82) is 0 Å². The zero-order valence-corrected chi connectivity index (χ0v) is 12.4. The molecule has 0 saturated heterocycles. The predicted molar refractivity (Wildman–Crippen MR) is 82.3 cm³/mol. The summed E-state index contributed by atoms with van der Waals surface area (Å²) in [5.41, 5.74) is 5.82. The van der Waals surface area contributed by atoms with Crippen molar-refractivity contribution >= 4 is 5.78 Å². The van der Waals surface area contributed by atoms with E-state index in [-0.39, 0.29) is 0 Å². The van der Waals surface area contributed by atoms with Crippen LogP contribution < -0.4 is 0 Å². The molecule has 0 aliphatic heterocycles. The van der Waals surface area contributed by atoms with E-state index in [2.05, 4.69) is 55.7 Å². The number of fused-ring (bicyclic) bond motifs is 1. The molecule has 1 aliphatic carbocycles. The van der Waals surface area contributed by atoms with Crippen LogP contribution in [0.2, 0.25) is 0 Å². The van der Waals surface area contributed by atoms with Crippen LogP contribution in [0.3, 0.4) is 0 Å². The summed E-state index contributed by atoms with van der Waals surface area (Å²) in [6.07, 6.45) is 2.70. The van der Waals surface area contributed by atoms with Gasteiger partial charge in [0.15, 0.2) is 5.78 Å². The molecular formula is C18H21NO. The van der Waals surface area contributed by atoms with Gasteiger partial charge in [0.2, 0.25) is 0 Å². The average molecular weight is 267 g/mol. The Kier molecular flexibility index (Phi) is 3.25. The summed E-state index contributed by atoms with van der Waals surface area (Å²) in [5, 5.41) is 0. The van der Waals surface area contributed by atoms with Crippen molar-refractivity contribution < 1.29 is 4.79 Å². The van der Waals surface area contributed by atoms with Gasteiger partial charge < -0.3 is 4.57 Å². The maximum Gasteiger partial charge on any atom is 0.164 e. The average Bonchev–Trinajstić information content (AvgIpc) is 2.80. The molecule has 0 saturated carbocycles. The van der Waals surface area contributed by atoms with Crippen LogP contribution in [-0.2, 0) is 6.42 Å². The van der Waals surface area contributed by atoms with Gasteiger partial charge in [-0.25, -0.2) is 0 Å². The number of carbonyl (C=O) groups is 1. The number of benzene rings is 1. The third-order valence-corrected chi connectivity index (χ3v) is 4.12. The highest BCUT2D eigenvalue weighted by Crippen LogP contribution is 2.33. The number of aryl methyl sites for hydroxylation is 1. The molecule has 0 bridgehead atoms. The largest absolute Gasteiger partial charge is 0.341 e. The van der Waals surface area contributed by atoms with Crippen LogP contribution in [0.1, 0.15) is 54.3 Å². The SMILES string of the molecule is Cc1ccc(-c2cc3c(n2C(C)C)CCCC3=O)cc1. The number of hydrogen-bond acceptors (Lipinski definition) is 1. The lowest BCUT2D eigenvalue weighted by Gasteiger charge is -2.20.